The van der Waals surface area contributed by atoms with Gasteiger partial charge in [-0.15, -0.1) is 0 Å². The van der Waals surface area contributed by atoms with E-state index in [-0.39, 0.29) is 36.1 Å². The number of carbonyl (C=O) groups excluding carboxylic acids is 1. The van der Waals surface area contributed by atoms with Gasteiger partial charge < -0.3 is 5.11 Å². The number of hydrogen-bond donors (Lipinski definition) is 1. The molecule has 2 heterocycles. The molecule has 0 radical (unpaired) electrons. The minimum atomic E-state index is -0.637. The van der Waals surface area contributed by atoms with Gasteiger partial charge in [-0.2, -0.15) is 5.10 Å². The van der Waals surface area contributed by atoms with E-state index in [1.54, 1.807) is 6.92 Å². The molecule has 1 aromatic heterocycles. The fourth-order valence-electron chi connectivity index (χ4n) is 3.07. The first-order valence-corrected chi connectivity index (χ1v) is 8.30. The molecule has 1 aromatic carbocycles. The molecule has 136 valence electrons. The van der Waals surface area contributed by atoms with Crippen molar-refractivity contribution in [2.24, 2.45) is 19.2 Å². The molecule has 2 aromatic rings. The van der Waals surface area contributed by atoms with Gasteiger partial charge in [0.2, 0.25) is 11.8 Å². The van der Waals surface area contributed by atoms with Crippen LogP contribution in [0.1, 0.15) is 36.9 Å². The van der Waals surface area contributed by atoms with Crippen LogP contribution in [-0.4, -0.2) is 30.9 Å². The number of aromatic hydroxyl groups is 1. The molecule has 0 spiro atoms. The van der Waals surface area contributed by atoms with Gasteiger partial charge in [-0.05, 0) is 5.56 Å². The van der Waals surface area contributed by atoms with E-state index in [9.17, 15) is 19.5 Å². The number of nitrogens with zero attached hydrogens (tertiary/aromatic N) is 4. The number of benzene rings is 1. The van der Waals surface area contributed by atoms with Crippen LogP contribution in [0.2, 0.25) is 0 Å². The second-order valence-electron chi connectivity index (χ2n) is 6.17. The average molecular weight is 356 g/mol. The van der Waals surface area contributed by atoms with Crippen molar-refractivity contribution in [3.8, 4) is 5.88 Å². The topological polar surface area (TPSA) is 96.9 Å². The predicted octanol–water partition coefficient (Wildman–Crippen LogP) is 0.877. The Morgan fingerprint density at radius 1 is 1.19 bits per heavy atom. The Morgan fingerprint density at radius 2 is 1.85 bits per heavy atom. The van der Waals surface area contributed by atoms with E-state index in [0.717, 1.165) is 14.7 Å². The molecule has 1 amide bonds. The summed E-state index contributed by atoms with van der Waals surface area (Å²) in [6.45, 7) is 1.74. The Morgan fingerprint density at radius 3 is 2.46 bits per heavy atom. The van der Waals surface area contributed by atoms with Crippen molar-refractivity contribution in [2.75, 3.05) is 0 Å². The molecule has 1 aliphatic rings. The van der Waals surface area contributed by atoms with Crippen LogP contribution in [0.4, 0.5) is 0 Å². The van der Waals surface area contributed by atoms with E-state index < -0.39 is 17.1 Å². The maximum atomic E-state index is 12.5. The SMILES string of the molecule is CCC(=O)N1N=C(c2c(O)n(C)c(=O)n(C)c2=O)CC1c1ccccc1. The largest absolute Gasteiger partial charge is 0.494 e. The molecule has 0 aliphatic carbocycles. The molecule has 0 saturated heterocycles. The lowest BCUT2D eigenvalue weighted by atomic mass is 9.99. The van der Waals surface area contributed by atoms with Gasteiger partial charge in [0.1, 0.15) is 5.56 Å². The molecule has 1 N–H and O–H groups in total. The highest BCUT2D eigenvalue weighted by atomic mass is 16.3. The molecular formula is C18H20N4O4. The molecule has 8 nitrogen and oxygen atoms in total. The van der Waals surface area contributed by atoms with Crippen molar-refractivity contribution in [1.29, 1.82) is 0 Å². The number of carbonyl (C=O) groups is 1. The molecule has 1 unspecified atom stereocenters. The van der Waals surface area contributed by atoms with Crippen LogP contribution in [0, 0.1) is 0 Å². The van der Waals surface area contributed by atoms with Gasteiger partial charge >= 0.3 is 5.69 Å². The zero-order valence-corrected chi connectivity index (χ0v) is 14.8. The molecular weight excluding hydrogens is 336 g/mol. The number of hydrazone groups is 1. The third kappa shape index (κ3) is 2.73. The quantitative estimate of drug-likeness (QED) is 0.883. The number of aromatic nitrogens is 2. The lowest BCUT2D eigenvalue weighted by Gasteiger charge is -2.21. The van der Waals surface area contributed by atoms with E-state index in [4.69, 9.17) is 0 Å². The molecule has 8 heteroatoms. The summed E-state index contributed by atoms with van der Waals surface area (Å²) in [5.74, 6) is -0.635. The standard InChI is InChI=1S/C18H20N4O4/c1-4-14(23)22-13(11-8-6-5-7-9-11)10-12(19-22)15-16(24)20(2)18(26)21(3)17(15)25/h5-9,13,24H,4,10H2,1-3H3. The molecule has 26 heavy (non-hydrogen) atoms. The highest BCUT2D eigenvalue weighted by Crippen LogP contribution is 2.33. The molecule has 0 saturated carbocycles. The summed E-state index contributed by atoms with van der Waals surface area (Å²) in [5.41, 5.74) is -0.150. The first-order chi connectivity index (χ1) is 12.4. The summed E-state index contributed by atoms with van der Waals surface area (Å²) < 4.78 is 1.90. The van der Waals surface area contributed by atoms with Gasteiger partial charge in [0.25, 0.3) is 5.56 Å². The molecule has 1 atom stereocenters. The van der Waals surface area contributed by atoms with Crippen LogP contribution in [0.3, 0.4) is 0 Å². The van der Waals surface area contributed by atoms with Crippen molar-refractivity contribution in [3.05, 3.63) is 62.3 Å². The third-order valence-electron chi connectivity index (χ3n) is 4.57. The first-order valence-electron chi connectivity index (χ1n) is 8.30. The minimum absolute atomic E-state index is 0.0538. The van der Waals surface area contributed by atoms with Gasteiger partial charge in [-0.3, -0.25) is 18.7 Å². The Hall–Kier alpha value is -3.16. The number of amides is 1. The Balaban J connectivity index is 2.15. The molecule has 0 bridgehead atoms. The summed E-state index contributed by atoms with van der Waals surface area (Å²) in [6, 6.07) is 9.02. The summed E-state index contributed by atoms with van der Waals surface area (Å²) >= 11 is 0. The third-order valence-corrected chi connectivity index (χ3v) is 4.57. The van der Waals surface area contributed by atoms with Gasteiger partial charge in [-0.1, -0.05) is 37.3 Å². The maximum Gasteiger partial charge on any atom is 0.333 e. The lowest BCUT2D eigenvalue weighted by Crippen LogP contribution is -2.39. The van der Waals surface area contributed by atoms with Crippen molar-refractivity contribution in [1.82, 2.24) is 14.1 Å². The van der Waals surface area contributed by atoms with E-state index >= 15 is 0 Å². The monoisotopic (exact) mass is 356 g/mol. The zero-order valence-electron chi connectivity index (χ0n) is 14.8. The minimum Gasteiger partial charge on any atom is -0.494 e. The van der Waals surface area contributed by atoms with Crippen molar-refractivity contribution in [3.63, 3.8) is 0 Å². The summed E-state index contributed by atoms with van der Waals surface area (Å²) in [5, 5.41) is 16.0. The van der Waals surface area contributed by atoms with Crippen LogP contribution < -0.4 is 11.2 Å². The van der Waals surface area contributed by atoms with Crippen molar-refractivity contribution < 1.29 is 9.90 Å². The van der Waals surface area contributed by atoms with E-state index in [1.165, 1.54) is 19.1 Å². The fraction of sp³-hybridized carbons (Fsp3) is 0.333. The summed E-state index contributed by atoms with van der Waals surface area (Å²) in [6.07, 6.45) is 0.536. The lowest BCUT2D eigenvalue weighted by molar-refractivity contribution is -0.132. The fourth-order valence-corrected chi connectivity index (χ4v) is 3.07. The van der Waals surface area contributed by atoms with Gasteiger partial charge in [0, 0.05) is 26.9 Å². The summed E-state index contributed by atoms with van der Waals surface area (Å²) in [4.78, 5) is 36.8. The Kier molecular flexibility index (Phi) is 4.50. The average Bonchev–Trinajstić information content (AvgIpc) is 3.10. The maximum absolute atomic E-state index is 12.5. The van der Waals surface area contributed by atoms with Gasteiger partial charge in [0.05, 0.1) is 11.8 Å². The van der Waals surface area contributed by atoms with E-state index in [0.29, 0.717) is 0 Å². The predicted molar refractivity (Wildman–Crippen MR) is 96.1 cm³/mol. The van der Waals surface area contributed by atoms with E-state index in [2.05, 4.69) is 5.10 Å². The highest BCUT2D eigenvalue weighted by molar-refractivity contribution is 6.04. The van der Waals surface area contributed by atoms with Crippen LogP contribution in [0.5, 0.6) is 5.88 Å². The zero-order chi connectivity index (χ0) is 19.0. The number of hydrogen-bond acceptors (Lipinski definition) is 5. The highest BCUT2D eigenvalue weighted by Gasteiger charge is 2.35. The molecule has 3 rings (SSSR count). The second kappa shape index (κ2) is 6.62. The first kappa shape index (κ1) is 17.7. The Bertz CT molecular complexity index is 1000. The van der Waals surface area contributed by atoms with Gasteiger partial charge in [0.15, 0.2) is 0 Å². The second-order valence-corrected chi connectivity index (χ2v) is 6.17. The Labute approximate surface area is 149 Å². The van der Waals surface area contributed by atoms with Crippen LogP contribution in [0.25, 0.3) is 0 Å². The van der Waals surface area contributed by atoms with Crippen molar-refractivity contribution in [2.45, 2.75) is 25.8 Å². The van der Waals surface area contributed by atoms with Crippen LogP contribution in [-0.2, 0) is 18.9 Å². The molecule has 0 fully saturated rings. The normalized spacial score (nSPS) is 16.7. The van der Waals surface area contributed by atoms with Crippen molar-refractivity contribution >= 4 is 11.6 Å². The van der Waals surface area contributed by atoms with Crippen LogP contribution >= 0.6 is 0 Å². The van der Waals surface area contributed by atoms with Crippen LogP contribution in [0.15, 0.2) is 45.0 Å². The molecule has 1 aliphatic heterocycles. The number of rotatable bonds is 3. The smallest absolute Gasteiger partial charge is 0.333 e. The summed E-state index contributed by atoms with van der Waals surface area (Å²) in [7, 11) is 2.71. The van der Waals surface area contributed by atoms with Gasteiger partial charge in [-0.25, -0.2) is 9.80 Å². The van der Waals surface area contributed by atoms with E-state index in [1.807, 2.05) is 30.3 Å².